The normalized spacial score (nSPS) is 22.1. The summed E-state index contributed by atoms with van der Waals surface area (Å²) in [5.74, 6) is 0. The van der Waals surface area contributed by atoms with Gasteiger partial charge in [-0.15, -0.1) is 11.8 Å². The van der Waals surface area contributed by atoms with Crippen LogP contribution in [0.25, 0.3) is 0 Å². The SMILES string of the molecule is C[C@H]1Cn2ncc(SC3CC3)c2CN1C(=O)OC(C)(C)C. The summed E-state index contributed by atoms with van der Waals surface area (Å²) in [5.41, 5.74) is 0.691. The third-order valence-corrected chi connectivity index (χ3v) is 5.05. The fraction of sp³-hybridized carbons (Fsp3) is 0.733. The molecule has 0 unspecified atom stereocenters. The van der Waals surface area contributed by atoms with Gasteiger partial charge >= 0.3 is 6.09 Å². The van der Waals surface area contributed by atoms with E-state index >= 15 is 0 Å². The molecule has 2 aliphatic rings. The monoisotopic (exact) mass is 309 g/mol. The van der Waals surface area contributed by atoms with E-state index in [1.54, 1.807) is 0 Å². The zero-order valence-corrected chi connectivity index (χ0v) is 13.9. The Balaban J connectivity index is 1.76. The molecule has 2 heterocycles. The summed E-state index contributed by atoms with van der Waals surface area (Å²) >= 11 is 1.90. The number of rotatable bonds is 2. The number of nitrogens with zero attached hydrogens (tertiary/aromatic N) is 3. The second-order valence-corrected chi connectivity index (χ2v) is 8.25. The van der Waals surface area contributed by atoms with Crippen molar-refractivity contribution in [3.63, 3.8) is 0 Å². The number of thioether (sulfide) groups is 1. The number of hydrogen-bond acceptors (Lipinski definition) is 4. The van der Waals surface area contributed by atoms with Crippen molar-refractivity contribution in [2.75, 3.05) is 0 Å². The van der Waals surface area contributed by atoms with Gasteiger partial charge in [0.15, 0.2) is 0 Å². The van der Waals surface area contributed by atoms with E-state index in [0.29, 0.717) is 6.54 Å². The molecule has 1 aromatic heterocycles. The smallest absolute Gasteiger partial charge is 0.410 e. The lowest BCUT2D eigenvalue weighted by Crippen LogP contribution is -2.47. The molecule has 116 valence electrons. The van der Waals surface area contributed by atoms with Gasteiger partial charge in [-0.2, -0.15) is 5.10 Å². The van der Waals surface area contributed by atoms with E-state index in [1.807, 2.05) is 55.2 Å². The van der Waals surface area contributed by atoms with Gasteiger partial charge in [-0.3, -0.25) is 9.58 Å². The molecule has 5 nitrogen and oxygen atoms in total. The first-order valence-corrected chi connectivity index (χ1v) is 8.42. The minimum atomic E-state index is -0.458. The summed E-state index contributed by atoms with van der Waals surface area (Å²) in [6.45, 7) is 9.07. The van der Waals surface area contributed by atoms with E-state index < -0.39 is 5.60 Å². The van der Waals surface area contributed by atoms with Gasteiger partial charge in [-0.05, 0) is 40.5 Å². The van der Waals surface area contributed by atoms with Gasteiger partial charge in [-0.1, -0.05) is 0 Å². The maximum Gasteiger partial charge on any atom is 0.410 e. The van der Waals surface area contributed by atoms with Gasteiger partial charge in [-0.25, -0.2) is 4.79 Å². The van der Waals surface area contributed by atoms with Gasteiger partial charge in [0.05, 0.1) is 35.9 Å². The van der Waals surface area contributed by atoms with Crippen LogP contribution in [0, 0.1) is 0 Å². The predicted octanol–water partition coefficient (Wildman–Crippen LogP) is 3.28. The lowest BCUT2D eigenvalue weighted by atomic mass is 10.2. The Morgan fingerprint density at radius 1 is 1.43 bits per heavy atom. The molecule has 21 heavy (non-hydrogen) atoms. The van der Waals surface area contributed by atoms with Crippen LogP contribution < -0.4 is 0 Å². The Bertz CT molecular complexity index is 546. The fourth-order valence-corrected chi connectivity index (χ4v) is 3.55. The van der Waals surface area contributed by atoms with Crippen LogP contribution in [0.3, 0.4) is 0 Å². The van der Waals surface area contributed by atoms with Crippen molar-refractivity contribution < 1.29 is 9.53 Å². The molecule has 1 saturated carbocycles. The number of fused-ring (bicyclic) bond motifs is 1. The van der Waals surface area contributed by atoms with Crippen molar-refractivity contribution in [1.29, 1.82) is 0 Å². The number of ether oxygens (including phenoxy) is 1. The van der Waals surface area contributed by atoms with E-state index in [2.05, 4.69) is 5.10 Å². The standard InChI is InChI=1S/C15H23N3O2S/c1-10-8-18-12(13(7-16-18)21-11-5-6-11)9-17(10)14(19)20-15(2,3)4/h7,10-11H,5-6,8-9H2,1-4H3/t10-/m0/s1. The molecule has 0 aromatic carbocycles. The van der Waals surface area contributed by atoms with Crippen molar-refractivity contribution >= 4 is 17.9 Å². The Morgan fingerprint density at radius 3 is 2.76 bits per heavy atom. The number of amides is 1. The average Bonchev–Trinajstić information content (AvgIpc) is 3.08. The largest absolute Gasteiger partial charge is 0.444 e. The summed E-state index contributed by atoms with van der Waals surface area (Å²) in [4.78, 5) is 15.4. The Morgan fingerprint density at radius 2 is 2.14 bits per heavy atom. The molecule has 1 amide bonds. The highest BCUT2D eigenvalue weighted by atomic mass is 32.2. The highest BCUT2D eigenvalue weighted by molar-refractivity contribution is 8.00. The molecule has 1 aliphatic carbocycles. The van der Waals surface area contributed by atoms with Crippen LogP contribution in [0.2, 0.25) is 0 Å². The fourth-order valence-electron chi connectivity index (χ4n) is 2.41. The number of carbonyl (C=O) groups is 1. The van der Waals surface area contributed by atoms with Crippen molar-refractivity contribution in [2.24, 2.45) is 0 Å². The zero-order chi connectivity index (χ0) is 15.2. The molecular weight excluding hydrogens is 286 g/mol. The summed E-state index contributed by atoms with van der Waals surface area (Å²) in [6, 6.07) is 0.103. The number of carbonyl (C=O) groups excluding carboxylic acids is 1. The summed E-state index contributed by atoms with van der Waals surface area (Å²) in [6.07, 6.45) is 4.30. The molecule has 0 bridgehead atoms. The Hall–Kier alpha value is -1.17. The van der Waals surface area contributed by atoms with Crippen LogP contribution in [0.4, 0.5) is 4.79 Å². The molecule has 6 heteroatoms. The minimum Gasteiger partial charge on any atom is -0.444 e. The summed E-state index contributed by atoms with van der Waals surface area (Å²) in [5, 5.41) is 5.22. The van der Waals surface area contributed by atoms with Gasteiger partial charge in [0.1, 0.15) is 5.60 Å². The Kier molecular flexibility index (Phi) is 3.67. The third-order valence-electron chi connectivity index (χ3n) is 3.65. The maximum atomic E-state index is 12.4. The molecule has 0 N–H and O–H groups in total. The van der Waals surface area contributed by atoms with Crippen molar-refractivity contribution in [3.8, 4) is 0 Å². The van der Waals surface area contributed by atoms with Gasteiger partial charge < -0.3 is 4.74 Å². The number of aromatic nitrogens is 2. The van der Waals surface area contributed by atoms with E-state index in [0.717, 1.165) is 17.5 Å². The van der Waals surface area contributed by atoms with Gasteiger partial charge in [0.25, 0.3) is 0 Å². The van der Waals surface area contributed by atoms with Crippen LogP contribution in [0.5, 0.6) is 0 Å². The van der Waals surface area contributed by atoms with E-state index in [9.17, 15) is 4.79 Å². The van der Waals surface area contributed by atoms with E-state index in [-0.39, 0.29) is 12.1 Å². The minimum absolute atomic E-state index is 0.103. The lowest BCUT2D eigenvalue weighted by Gasteiger charge is -2.35. The Labute approximate surface area is 130 Å². The lowest BCUT2D eigenvalue weighted by molar-refractivity contribution is 0.00878. The summed E-state index contributed by atoms with van der Waals surface area (Å²) in [7, 11) is 0. The first kappa shape index (κ1) is 14.8. The van der Waals surface area contributed by atoms with Gasteiger partial charge in [0.2, 0.25) is 0 Å². The van der Waals surface area contributed by atoms with E-state index in [1.165, 1.54) is 17.7 Å². The second kappa shape index (κ2) is 5.23. The quantitative estimate of drug-likeness (QED) is 0.841. The average molecular weight is 309 g/mol. The van der Waals surface area contributed by atoms with Crippen LogP contribution in [0.15, 0.2) is 11.1 Å². The topological polar surface area (TPSA) is 47.4 Å². The molecule has 0 spiro atoms. The van der Waals surface area contributed by atoms with Gasteiger partial charge in [0, 0.05) is 5.25 Å². The molecule has 3 rings (SSSR count). The molecule has 1 aliphatic heterocycles. The maximum absolute atomic E-state index is 12.4. The molecule has 0 radical (unpaired) electrons. The van der Waals surface area contributed by atoms with Crippen molar-refractivity contribution in [1.82, 2.24) is 14.7 Å². The molecular formula is C15H23N3O2S. The summed E-state index contributed by atoms with van der Waals surface area (Å²) < 4.78 is 7.56. The van der Waals surface area contributed by atoms with E-state index in [4.69, 9.17) is 4.74 Å². The van der Waals surface area contributed by atoms with Crippen LogP contribution in [-0.2, 0) is 17.8 Å². The number of hydrogen-bond donors (Lipinski definition) is 0. The third kappa shape index (κ3) is 3.36. The molecule has 1 aromatic rings. The van der Waals surface area contributed by atoms with Crippen LogP contribution in [0.1, 0.15) is 46.2 Å². The first-order valence-electron chi connectivity index (χ1n) is 7.54. The second-order valence-electron chi connectivity index (χ2n) is 6.91. The highest BCUT2D eigenvalue weighted by Crippen LogP contribution is 2.41. The van der Waals surface area contributed by atoms with Crippen molar-refractivity contribution in [2.45, 2.75) is 75.4 Å². The van der Waals surface area contributed by atoms with Crippen LogP contribution >= 0.6 is 11.8 Å². The predicted molar refractivity (Wildman–Crippen MR) is 82.3 cm³/mol. The first-order chi connectivity index (χ1) is 9.83. The molecule has 1 fully saturated rings. The highest BCUT2D eigenvalue weighted by Gasteiger charge is 2.33. The molecule has 1 atom stereocenters. The van der Waals surface area contributed by atoms with Crippen molar-refractivity contribution in [3.05, 3.63) is 11.9 Å². The zero-order valence-electron chi connectivity index (χ0n) is 13.1. The molecule has 0 saturated heterocycles. The van der Waals surface area contributed by atoms with Crippen LogP contribution in [-0.4, -0.2) is 37.7 Å².